The molecule has 0 amide bonds. The van der Waals surface area contributed by atoms with E-state index in [9.17, 15) is 0 Å². The van der Waals surface area contributed by atoms with Crippen LogP contribution in [0.5, 0.6) is 0 Å². The minimum absolute atomic E-state index is 0.561. The summed E-state index contributed by atoms with van der Waals surface area (Å²) < 4.78 is 0. The zero-order chi connectivity index (χ0) is 15.0. The first kappa shape index (κ1) is 19.4. The molecule has 1 N–H and O–H groups in total. The predicted molar refractivity (Wildman–Crippen MR) is 85.8 cm³/mol. The van der Waals surface area contributed by atoms with Crippen molar-refractivity contribution in [3.8, 4) is 0 Å². The van der Waals surface area contributed by atoms with Gasteiger partial charge in [0.25, 0.3) is 0 Å². The van der Waals surface area contributed by atoms with Crippen molar-refractivity contribution in [2.24, 2.45) is 0 Å². The van der Waals surface area contributed by atoms with E-state index in [4.69, 9.17) is 30.4 Å². The summed E-state index contributed by atoms with van der Waals surface area (Å²) in [6.45, 7) is 13.0. The molecule has 1 aromatic carbocycles. The Morgan fingerprint density at radius 2 is 1.37 bits per heavy atom. The van der Waals surface area contributed by atoms with Crippen molar-refractivity contribution in [3.63, 3.8) is 0 Å². The number of benzene rings is 1. The summed E-state index contributed by atoms with van der Waals surface area (Å²) in [7, 11) is 13.4. The second-order valence-corrected chi connectivity index (χ2v) is 9.86. The van der Waals surface area contributed by atoms with Crippen molar-refractivity contribution in [1.82, 2.24) is 0 Å². The number of hydrogen-bond acceptors (Lipinski definition) is 1. The molecule has 0 atom stereocenters. The van der Waals surface area contributed by atoms with Gasteiger partial charge in [0, 0.05) is 12.2 Å². The van der Waals surface area contributed by atoms with Crippen molar-refractivity contribution in [3.05, 3.63) is 35.9 Å². The normalized spacial score (nSPS) is 11.2. The van der Waals surface area contributed by atoms with Gasteiger partial charge in [0.2, 0.25) is 0 Å². The van der Waals surface area contributed by atoms with Gasteiger partial charge in [-0.05, 0) is 29.9 Å². The second-order valence-electron chi connectivity index (χ2n) is 4.70. The molecule has 1 aromatic rings. The van der Waals surface area contributed by atoms with E-state index in [1.807, 2.05) is 13.5 Å². The van der Waals surface area contributed by atoms with Crippen molar-refractivity contribution >= 4 is 36.1 Å². The van der Waals surface area contributed by atoms with Crippen LogP contribution in [0.25, 0.3) is 0 Å². The summed E-state index contributed by atoms with van der Waals surface area (Å²) in [6.07, 6.45) is 0. The molecule has 5 heteroatoms. The Morgan fingerprint density at radius 1 is 1.00 bits per heavy atom. The van der Waals surface area contributed by atoms with Crippen LogP contribution in [0, 0.1) is 6.54 Å². The summed E-state index contributed by atoms with van der Waals surface area (Å²) in [4.78, 5) is 0. The molecule has 0 saturated carbocycles. The first-order valence-electron chi connectivity index (χ1n) is 6.12. The quantitative estimate of drug-likeness (QED) is 0.631. The molecule has 0 aromatic heterocycles. The fraction of sp³-hybridized carbons (Fsp3) is 0.500. The first-order valence-corrected chi connectivity index (χ1v) is 10.4. The third-order valence-electron chi connectivity index (χ3n) is 2.66. The molecule has 1 rings (SSSR count). The van der Waals surface area contributed by atoms with Gasteiger partial charge >= 0.3 is 41.4 Å². The van der Waals surface area contributed by atoms with E-state index in [1.54, 1.807) is 0 Å². The second kappa shape index (κ2) is 10.2. The zero-order valence-corrected chi connectivity index (χ0v) is 15.2. The average molecular weight is 370 g/mol. The molecular weight excluding hydrogens is 347 g/mol. The Kier molecular flexibility index (Phi) is 10.4. The number of nitrogens with one attached hydrogen (secondary N) is 1. The molecule has 0 fully saturated rings. The van der Waals surface area contributed by atoms with E-state index in [2.05, 4.69) is 51.2 Å². The number of para-hydroxylation sites is 1. The van der Waals surface area contributed by atoms with E-state index in [0.717, 1.165) is 0 Å². The maximum absolute atomic E-state index is 4.87. The molecule has 0 aliphatic heterocycles. The molecule has 0 aliphatic carbocycles. The Hall–Kier alpha value is 0.396. The average Bonchev–Trinajstić information content (AvgIpc) is 2.28. The summed E-state index contributed by atoms with van der Waals surface area (Å²) in [6, 6.07) is 6.58. The topological polar surface area (TPSA) is 12.0 Å². The SMILES string of the molecule is C[CH]Nc1c(C(C)C)cccc1C(C)C.[Cl][Co]([Cl])[Cl]. The molecule has 0 spiro atoms. The van der Waals surface area contributed by atoms with Crippen LogP contribution in [-0.2, 0) is 10.9 Å². The summed E-state index contributed by atoms with van der Waals surface area (Å²) in [5, 5.41) is 3.38. The van der Waals surface area contributed by atoms with Crippen LogP contribution in [0.3, 0.4) is 0 Å². The monoisotopic (exact) mass is 368 g/mol. The van der Waals surface area contributed by atoms with Gasteiger partial charge in [0.15, 0.2) is 0 Å². The van der Waals surface area contributed by atoms with Crippen LogP contribution in [0.1, 0.15) is 57.6 Å². The Balaban J connectivity index is 0.000000711. The van der Waals surface area contributed by atoms with Crippen LogP contribution in [0.4, 0.5) is 5.69 Å². The molecule has 0 heterocycles. The molecule has 0 aliphatic rings. The fourth-order valence-corrected chi connectivity index (χ4v) is 1.86. The third kappa shape index (κ3) is 7.67. The van der Waals surface area contributed by atoms with Crippen molar-refractivity contribution in [1.29, 1.82) is 0 Å². The number of hydrogen-bond donors (Lipinski definition) is 1. The van der Waals surface area contributed by atoms with Crippen molar-refractivity contribution in [2.75, 3.05) is 5.32 Å². The molecule has 0 unspecified atom stereocenters. The van der Waals surface area contributed by atoms with Gasteiger partial charge in [0.1, 0.15) is 0 Å². The molecule has 113 valence electrons. The van der Waals surface area contributed by atoms with Crippen molar-refractivity contribution in [2.45, 2.75) is 46.5 Å². The number of rotatable bonds is 4. The summed E-state index contributed by atoms with van der Waals surface area (Å²) in [5.41, 5.74) is 4.10. The van der Waals surface area contributed by atoms with Crippen molar-refractivity contribution < 1.29 is 10.9 Å². The van der Waals surface area contributed by atoms with E-state index in [-0.39, 0.29) is 0 Å². The maximum atomic E-state index is 4.87. The third-order valence-corrected chi connectivity index (χ3v) is 2.66. The fourth-order valence-electron chi connectivity index (χ4n) is 1.86. The van der Waals surface area contributed by atoms with Crippen LogP contribution in [0.15, 0.2) is 18.2 Å². The molecule has 0 saturated heterocycles. The van der Waals surface area contributed by atoms with Gasteiger partial charge in [-0.15, -0.1) is 0 Å². The molecule has 19 heavy (non-hydrogen) atoms. The molecule has 1 radical (unpaired) electrons. The molecular formula is C14H22Cl3CoN. The van der Waals surface area contributed by atoms with Crippen LogP contribution >= 0.6 is 30.4 Å². The van der Waals surface area contributed by atoms with Gasteiger partial charge in [-0.25, -0.2) is 0 Å². The number of anilines is 1. The molecule has 1 nitrogen and oxygen atoms in total. The molecule has 0 bridgehead atoms. The Labute approximate surface area is 134 Å². The van der Waals surface area contributed by atoms with Gasteiger partial charge in [-0.2, -0.15) is 0 Å². The van der Waals surface area contributed by atoms with E-state index in [0.29, 0.717) is 11.8 Å². The summed E-state index contributed by atoms with van der Waals surface area (Å²) >= 11 is 0. The van der Waals surface area contributed by atoms with Gasteiger partial charge < -0.3 is 5.32 Å². The Morgan fingerprint density at radius 3 is 1.63 bits per heavy atom. The zero-order valence-electron chi connectivity index (χ0n) is 11.9. The van der Waals surface area contributed by atoms with E-state index in [1.165, 1.54) is 16.8 Å². The summed E-state index contributed by atoms with van der Waals surface area (Å²) in [5.74, 6) is 1.12. The van der Waals surface area contributed by atoms with Crippen LogP contribution in [0.2, 0.25) is 0 Å². The first-order chi connectivity index (χ1) is 8.81. The van der Waals surface area contributed by atoms with Crippen LogP contribution < -0.4 is 5.32 Å². The van der Waals surface area contributed by atoms with E-state index < -0.39 is 10.9 Å². The minimum atomic E-state index is -1.19. The number of halogens is 3. The predicted octanol–water partition coefficient (Wildman–Crippen LogP) is 6.59. The standard InChI is InChI=1S/C14H22N.3ClH.Co/c1-6-15-14-12(10(2)3)8-7-9-13(14)11(4)5;;;;/h6-11,15H,1-5H3;3*1H;/q;;;;+3/p-3. The van der Waals surface area contributed by atoms with Gasteiger partial charge in [0.05, 0.1) is 0 Å². The van der Waals surface area contributed by atoms with E-state index >= 15 is 0 Å². The van der Waals surface area contributed by atoms with Gasteiger partial charge in [-0.3, -0.25) is 0 Å². The van der Waals surface area contributed by atoms with Gasteiger partial charge in [-0.1, -0.05) is 45.9 Å². The van der Waals surface area contributed by atoms with Crippen LogP contribution in [-0.4, -0.2) is 0 Å². The Bertz CT molecular complexity index is 339.